The van der Waals surface area contributed by atoms with Crippen LogP contribution in [0.5, 0.6) is 17.2 Å². The van der Waals surface area contributed by atoms with E-state index in [1.807, 2.05) is 18.2 Å². The van der Waals surface area contributed by atoms with Crippen LogP contribution in [-0.2, 0) is 11.3 Å². The second kappa shape index (κ2) is 9.82. The molecular formula is C22H20ClN3O5. The normalized spacial score (nSPS) is 10.3. The quantitative estimate of drug-likeness (QED) is 0.347. The van der Waals surface area contributed by atoms with E-state index >= 15 is 0 Å². The summed E-state index contributed by atoms with van der Waals surface area (Å²) in [4.78, 5) is 21.9. The summed E-state index contributed by atoms with van der Waals surface area (Å²) in [6.45, 7) is 1.97. The molecule has 9 heteroatoms. The van der Waals surface area contributed by atoms with E-state index in [1.165, 1.54) is 32.2 Å². The van der Waals surface area contributed by atoms with Crippen molar-refractivity contribution in [2.45, 2.75) is 13.5 Å². The summed E-state index contributed by atoms with van der Waals surface area (Å²) in [6, 6.07) is 16.8. The number of rotatable bonds is 8. The van der Waals surface area contributed by atoms with Gasteiger partial charge in [-0.15, -0.1) is 0 Å². The highest BCUT2D eigenvalue weighted by Gasteiger charge is 2.16. The van der Waals surface area contributed by atoms with Crippen molar-refractivity contribution in [2.24, 2.45) is 0 Å². The molecule has 0 aliphatic carbocycles. The van der Waals surface area contributed by atoms with Crippen molar-refractivity contribution >= 4 is 34.6 Å². The van der Waals surface area contributed by atoms with E-state index in [0.717, 1.165) is 11.3 Å². The predicted molar refractivity (Wildman–Crippen MR) is 119 cm³/mol. The zero-order valence-corrected chi connectivity index (χ0v) is 17.6. The molecule has 3 aromatic rings. The Bertz CT molecular complexity index is 1100. The molecule has 0 atom stereocenters. The Kier molecular flexibility index (Phi) is 6.94. The molecule has 0 unspecified atom stereocenters. The van der Waals surface area contributed by atoms with Gasteiger partial charge in [-0.3, -0.25) is 14.9 Å². The van der Waals surface area contributed by atoms with Crippen LogP contribution in [0, 0.1) is 10.1 Å². The zero-order chi connectivity index (χ0) is 22.4. The van der Waals surface area contributed by atoms with Gasteiger partial charge in [-0.05, 0) is 42.0 Å². The highest BCUT2D eigenvalue weighted by molar-refractivity contribution is 6.30. The second-order valence-corrected chi connectivity index (χ2v) is 7.00. The Balaban J connectivity index is 1.65. The summed E-state index contributed by atoms with van der Waals surface area (Å²) in [7, 11) is 1.54. The van der Waals surface area contributed by atoms with Crippen LogP contribution in [0.25, 0.3) is 0 Å². The SMILES string of the molecule is COc1cc(NCc2ccc(Oc3ccc(Cl)cc3[N+](=O)[O-])cc2)ccc1NC(C)=O. The Labute approximate surface area is 183 Å². The van der Waals surface area contributed by atoms with Crippen LogP contribution in [-0.4, -0.2) is 17.9 Å². The molecule has 0 spiro atoms. The lowest BCUT2D eigenvalue weighted by atomic mass is 10.2. The minimum Gasteiger partial charge on any atom is -0.494 e. The monoisotopic (exact) mass is 441 g/mol. The van der Waals surface area contributed by atoms with E-state index in [2.05, 4.69) is 10.6 Å². The summed E-state index contributed by atoms with van der Waals surface area (Å²) in [5, 5.41) is 17.4. The lowest BCUT2D eigenvalue weighted by molar-refractivity contribution is -0.385. The predicted octanol–water partition coefficient (Wildman–Crippen LogP) is 5.62. The molecular weight excluding hydrogens is 422 g/mol. The Morgan fingerprint density at radius 3 is 2.45 bits per heavy atom. The summed E-state index contributed by atoms with van der Waals surface area (Å²) in [6.07, 6.45) is 0. The topological polar surface area (TPSA) is 103 Å². The van der Waals surface area contributed by atoms with Crippen LogP contribution >= 0.6 is 11.6 Å². The molecule has 0 saturated carbocycles. The fourth-order valence-electron chi connectivity index (χ4n) is 2.82. The molecule has 3 rings (SSSR count). The first-order chi connectivity index (χ1) is 14.9. The molecule has 2 N–H and O–H groups in total. The molecule has 0 radical (unpaired) electrons. The summed E-state index contributed by atoms with van der Waals surface area (Å²) in [5.41, 5.74) is 2.19. The molecule has 0 bridgehead atoms. The first-order valence-electron chi connectivity index (χ1n) is 9.26. The van der Waals surface area contributed by atoms with Crippen LogP contribution in [0.4, 0.5) is 17.1 Å². The van der Waals surface area contributed by atoms with E-state index in [-0.39, 0.29) is 22.4 Å². The molecule has 0 aromatic heterocycles. The Hall–Kier alpha value is -3.78. The molecule has 8 nitrogen and oxygen atoms in total. The largest absolute Gasteiger partial charge is 0.494 e. The standard InChI is InChI=1S/C22H20ClN3O5/c1-14(27)25-19-9-6-17(12-22(19)30-2)24-13-15-3-7-18(8-4-15)31-21-10-5-16(23)11-20(21)26(28)29/h3-12,24H,13H2,1-2H3,(H,25,27). The van der Waals surface area contributed by atoms with Crippen molar-refractivity contribution in [3.8, 4) is 17.2 Å². The number of anilines is 2. The fourth-order valence-corrected chi connectivity index (χ4v) is 2.99. The van der Waals surface area contributed by atoms with Crippen molar-refractivity contribution in [1.82, 2.24) is 0 Å². The highest BCUT2D eigenvalue weighted by atomic mass is 35.5. The van der Waals surface area contributed by atoms with Gasteiger partial charge in [-0.2, -0.15) is 0 Å². The summed E-state index contributed by atoms with van der Waals surface area (Å²) in [5.74, 6) is 0.959. The van der Waals surface area contributed by atoms with Crippen LogP contribution in [0.2, 0.25) is 5.02 Å². The van der Waals surface area contributed by atoms with Crippen LogP contribution in [0.15, 0.2) is 60.7 Å². The number of nitrogens with zero attached hydrogens (tertiary/aromatic N) is 1. The lowest BCUT2D eigenvalue weighted by Crippen LogP contribution is -2.07. The highest BCUT2D eigenvalue weighted by Crippen LogP contribution is 2.33. The van der Waals surface area contributed by atoms with Crippen molar-refractivity contribution in [3.63, 3.8) is 0 Å². The molecule has 0 aliphatic heterocycles. The minimum atomic E-state index is -0.537. The van der Waals surface area contributed by atoms with Gasteiger partial charge in [0, 0.05) is 36.3 Å². The number of nitrogens with one attached hydrogen (secondary N) is 2. The molecule has 1 amide bonds. The van der Waals surface area contributed by atoms with Crippen molar-refractivity contribution in [3.05, 3.63) is 81.4 Å². The number of methoxy groups -OCH3 is 1. The van der Waals surface area contributed by atoms with E-state index < -0.39 is 4.92 Å². The van der Waals surface area contributed by atoms with Gasteiger partial charge in [-0.25, -0.2) is 0 Å². The molecule has 0 fully saturated rings. The summed E-state index contributed by atoms with van der Waals surface area (Å²) >= 11 is 5.83. The zero-order valence-electron chi connectivity index (χ0n) is 16.8. The molecule has 0 saturated heterocycles. The van der Waals surface area contributed by atoms with Gasteiger partial charge < -0.3 is 20.1 Å². The van der Waals surface area contributed by atoms with Gasteiger partial charge in [0.1, 0.15) is 11.5 Å². The van der Waals surface area contributed by atoms with Crippen molar-refractivity contribution in [2.75, 3.05) is 17.7 Å². The average Bonchev–Trinajstić information content (AvgIpc) is 2.74. The van der Waals surface area contributed by atoms with Crippen molar-refractivity contribution in [1.29, 1.82) is 0 Å². The number of ether oxygens (including phenoxy) is 2. The molecule has 0 aliphatic rings. The van der Waals surface area contributed by atoms with Gasteiger partial charge >= 0.3 is 5.69 Å². The molecule has 3 aromatic carbocycles. The number of carbonyl (C=O) groups excluding carboxylic acids is 1. The summed E-state index contributed by atoms with van der Waals surface area (Å²) < 4.78 is 11.0. The number of nitro benzene ring substituents is 1. The van der Waals surface area contributed by atoms with Crippen LogP contribution in [0.3, 0.4) is 0 Å². The third-order valence-electron chi connectivity index (χ3n) is 4.28. The van der Waals surface area contributed by atoms with Gasteiger partial charge in [0.15, 0.2) is 0 Å². The van der Waals surface area contributed by atoms with E-state index in [0.29, 0.717) is 23.7 Å². The maximum Gasteiger partial charge on any atom is 0.313 e. The van der Waals surface area contributed by atoms with Gasteiger partial charge in [0.25, 0.3) is 0 Å². The lowest BCUT2D eigenvalue weighted by Gasteiger charge is -2.13. The number of nitro groups is 1. The first-order valence-corrected chi connectivity index (χ1v) is 9.63. The van der Waals surface area contributed by atoms with Gasteiger partial charge in [-0.1, -0.05) is 23.7 Å². The minimum absolute atomic E-state index is 0.117. The number of hydrogen-bond acceptors (Lipinski definition) is 6. The Morgan fingerprint density at radius 1 is 1.06 bits per heavy atom. The number of hydrogen-bond donors (Lipinski definition) is 2. The van der Waals surface area contributed by atoms with Gasteiger partial charge in [0.05, 0.1) is 17.7 Å². The fraction of sp³-hybridized carbons (Fsp3) is 0.136. The maximum absolute atomic E-state index is 11.3. The third kappa shape index (κ3) is 5.86. The smallest absolute Gasteiger partial charge is 0.313 e. The van der Waals surface area contributed by atoms with Gasteiger partial charge in [0.2, 0.25) is 11.7 Å². The number of halogens is 1. The number of amides is 1. The van der Waals surface area contributed by atoms with E-state index in [9.17, 15) is 14.9 Å². The van der Waals surface area contributed by atoms with E-state index in [1.54, 1.807) is 24.3 Å². The van der Waals surface area contributed by atoms with E-state index in [4.69, 9.17) is 21.1 Å². The maximum atomic E-state index is 11.3. The third-order valence-corrected chi connectivity index (χ3v) is 4.51. The Morgan fingerprint density at radius 2 is 1.81 bits per heavy atom. The molecule has 31 heavy (non-hydrogen) atoms. The van der Waals surface area contributed by atoms with Crippen LogP contribution in [0.1, 0.15) is 12.5 Å². The van der Waals surface area contributed by atoms with Crippen molar-refractivity contribution < 1.29 is 19.2 Å². The van der Waals surface area contributed by atoms with Crippen LogP contribution < -0.4 is 20.1 Å². The average molecular weight is 442 g/mol. The first kappa shape index (κ1) is 21.9. The molecule has 0 heterocycles. The number of carbonyl (C=O) groups is 1. The molecule has 160 valence electrons. The number of benzene rings is 3. The second-order valence-electron chi connectivity index (χ2n) is 6.56.